The Hall–Kier alpha value is -0.0800. The normalized spacial score (nSPS) is 11.7. The zero-order valence-corrected chi connectivity index (χ0v) is 16.1. The largest absolute Gasteiger partial charge is 0.317 e. The Morgan fingerprint density at radius 3 is 1.09 bits per heavy atom. The lowest BCUT2D eigenvalue weighted by Crippen LogP contribution is -2.18. The van der Waals surface area contributed by atoms with Crippen LogP contribution in [0.25, 0.3) is 0 Å². The first kappa shape index (κ1) is 21.9. The molecule has 2 nitrogen and oxygen atoms in total. The van der Waals surface area contributed by atoms with Gasteiger partial charge in [-0.25, -0.2) is 0 Å². The average Bonchev–Trinajstić information content (AvgIpc) is 2.46. The molecule has 0 spiro atoms. The van der Waals surface area contributed by atoms with Crippen molar-refractivity contribution in [2.24, 2.45) is 11.8 Å². The van der Waals surface area contributed by atoms with E-state index >= 15 is 0 Å². The molecule has 0 radical (unpaired) electrons. The third-order valence-corrected chi connectivity index (χ3v) is 4.25. The lowest BCUT2D eigenvalue weighted by atomic mass is 10.1. The van der Waals surface area contributed by atoms with Gasteiger partial charge in [0.2, 0.25) is 0 Å². The highest BCUT2D eigenvalue weighted by Crippen LogP contribution is 2.08. The molecule has 0 aliphatic rings. The van der Waals surface area contributed by atoms with Gasteiger partial charge in [-0.1, -0.05) is 66.2 Å². The molecule has 2 N–H and O–H groups in total. The summed E-state index contributed by atoms with van der Waals surface area (Å²) in [4.78, 5) is 0. The van der Waals surface area contributed by atoms with E-state index in [-0.39, 0.29) is 0 Å². The van der Waals surface area contributed by atoms with Crippen molar-refractivity contribution < 1.29 is 0 Å². The Balaban J connectivity index is 2.97. The Kier molecular flexibility index (Phi) is 17.2. The maximum atomic E-state index is 3.55. The van der Waals surface area contributed by atoms with E-state index in [1.165, 1.54) is 90.4 Å². The monoisotopic (exact) mass is 312 g/mol. The van der Waals surface area contributed by atoms with Crippen LogP contribution in [0.5, 0.6) is 0 Å². The number of hydrogen-bond donors (Lipinski definition) is 2. The van der Waals surface area contributed by atoms with Crippen molar-refractivity contribution in [1.29, 1.82) is 0 Å². The summed E-state index contributed by atoms with van der Waals surface area (Å²) in [6.45, 7) is 14.0. The van der Waals surface area contributed by atoms with Gasteiger partial charge in [0, 0.05) is 0 Å². The average molecular weight is 313 g/mol. The van der Waals surface area contributed by atoms with Crippen LogP contribution in [0.3, 0.4) is 0 Å². The van der Waals surface area contributed by atoms with Crippen LogP contribution in [-0.2, 0) is 0 Å². The molecule has 0 unspecified atom stereocenters. The van der Waals surface area contributed by atoms with Gasteiger partial charge in [0.1, 0.15) is 0 Å². The SMILES string of the molecule is CC(C)CCNCCCCCCCCCCNCCC(C)C. The zero-order chi connectivity index (χ0) is 16.5. The lowest BCUT2D eigenvalue weighted by molar-refractivity contribution is 0.506. The van der Waals surface area contributed by atoms with Gasteiger partial charge < -0.3 is 10.6 Å². The van der Waals surface area contributed by atoms with Crippen LogP contribution >= 0.6 is 0 Å². The Morgan fingerprint density at radius 1 is 0.455 bits per heavy atom. The van der Waals surface area contributed by atoms with E-state index < -0.39 is 0 Å². The molecule has 0 bridgehead atoms. The summed E-state index contributed by atoms with van der Waals surface area (Å²) in [5.74, 6) is 1.66. The maximum absolute atomic E-state index is 3.55. The predicted molar refractivity (Wildman–Crippen MR) is 102 cm³/mol. The third-order valence-electron chi connectivity index (χ3n) is 4.25. The van der Waals surface area contributed by atoms with Crippen LogP contribution in [-0.4, -0.2) is 26.2 Å². The predicted octanol–water partition coefficient (Wildman–Crippen LogP) is 5.38. The molecule has 0 aromatic heterocycles. The molecule has 0 amide bonds. The van der Waals surface area contributed by atoms with E-state index in [1.54, 1.807) is 0 Å². The zero-order valence-electron chi connectivity index (χ0n) is 16.1. The second-order valence-corrected chi connectivity index (χ2v) is 7.69. The molecule has 0 aliphatic carbocycles. The molecular formula is C20H44N2. The van der Waals surface area contributed by atoms with E-state index in [2.05, 4.69) is 38.3 Å². The van der Waals surface area contributed by atoms with Crippen molar-refractivity contribution >= 4 is 0 Å². The first-order valence-electron chi connectivity index (χ1n) is 10.0. The van der Waals surface area contributed by atoms with Crippen molar-refractivity contribution in [3.05, 3.63) is 0 Å². The van der Waals surface area contributed by atoms with Gasteiger partial charge in [-0.2, -0.15) is 0 Å². The van der Waals surface area contributed by atoms with E-state index in [4.69, 9.17) is 0 Å². The highest BCUT2D eigenvalue weighted by molar-refractivity contribution is 4.54. The number of rotatable bonds is 17. The van der Waals surface area contributed by atoms with Crippen LogP contribution < -0.4 is 10.6 Å². The van der Waals surface area contributed by atoms with E-state index in [0.717, 1.165) is 11.8 Å². The molecule has 2 heteroatoms. The second-order valence-electron chi connectivity index (χ2n) is 7.69. The molecule has 0 atom stereocenters. The van der Waals surface area contributed by atoms with Gasteiger partial charge in [-0.05, 0) is 63.7 Å². The molecule has 0 fully saturated rings. The topological polar surface area (TPSA) is 24.1 Å². The van der Waals surface area contributed by atoms with Gasteiger partial charge in [0.15, 0.2) is 0 Å². The summed E-state index contributed by atoms with van der Waals surface area (Å²) < 4.78 is 0. The first-order valence-corrected chi connectivity index (χ1v) is 10.0. The van der Waals surface area contributed by atoms with E-state index in [0.29, 0.717) is 0 Å². The highest BCUT2D eigenvalue weighted by atomic mass is 14.8. The molecule has 0 aliphatic heterocycles. The number of unbranched alkanes of at least 4 members (excludes halogenated alkanes) is 7. The van der Waals surface area contributed by atoms with Gasteiger partial charge in [0.25, 0.3) is 0 Å². The molecule has 22 heavy (non-hydrogen) atoms. The van der Waals surface area contributed by atoms with Crippen molar-refractivity contribution in [3.8, 4) is 0 Å². The minimum Gasteiger partial charge on any atom is -0.317 e. The fourth-order valence-electron chi connectivity index (χ4n) is 2.59. The van der Waals surface area contributed by atoms with Crippen LogP contribution in [0.15, 0.2) is 0 Å². The third kappa shape index (κ3) is 19.9. The van der Waals surface area contributed by atoms with Crippen molar-refractivity contribution in [2.45, 2.75) is 91.9 Å². The Morgan fingerprint density at radius 2 is 0.773 bits per heavy atom. The van der Waals surface area contributed by atoms with Crippen molar-refractivity contribution in [3.63, 3.8) is 0 Å². The quantitative estimate of drug-likeness (QED) is 0.352. The van der Waals surface area contributed by atoms with Gasteiger partial charge in [0.05, 0.1) is 0 Å². The Bertz CT molecular complexity index is 180. The lowest BCUT2D eigenvalue weighted by Gasteiger charge is -2.07. The van der Waals surface area contributed by atoms with Crippen LogP contribution in [0.1, 0.15) is 91.9 Å². The van der Waals surface area contributed by atoms with Gasteiger partial charge in [-0.3, -0.25) is 0 Å². The molecule has 0 rings (SSSR count). The summed E-state index contributed by atoms with van der Waals surface area (Å²) in [6.07, 6.45) is 13.9. The summed E-state index contributed by atoms with van der Waals surface area (Å²) in [5.41, 5.74) is 0. The van der Waals surface area contributed by atoms with E-state index in [9.17, 15) is 0 Å². The molecular weight excluding hydrogens is 268 g/mol. The minimum atomic E-state index is 0.831. The van der Waals surface area contributed by atoms with Gasteiger partial charge in [-0.15, -0.1) is 0 Å². The summed E-state index contributed by atoms with van der Waals surface area (Å²) in [6, 6.07) is 0. The minimum absolute atomic E-state index is 0.831. The first-order chi connectivity index (χ1) is 10.6. The molecule has 0 heterocycles. The second kappa shape index (κ2) is 17.3. The smallest absolute Gasteiger partial charge is 0.00465 e. The molecule has 134 valence electrons. The molecule has 0 aromatic rings. The van der Waals surface area contributed by atoms with Crippen LogP contribution in [0, 0.1) is 11.8 Å². The van der Waals surface area contributed by atoms with E-state index in [1.807, 2.05) is 0 Å². The molecule has 0 aromatic carbocycles. The molecule has 0 saturated carbocycles. The van der Waals surface area contributed by atoms with Gasteiger partial charge >= 0.3 is 0 Å². The fraction of sp³-hybridized carbons (Fsp3) is 1.00. The summed E-state index contributed by atoms with van der Waals surface area (Å²) >= 11 is 0. The standard InChI is InChI=1S/C20H44N2/c1-19(2)13-17-21-15-11-9-7-5-6-8-10-12-16-22-18-14-20(3)4/h19-22H,5-18H2,1-4H3. The number of hydrogen-bond acceptors (Lipinski definition) is 2. The van der Waals surface area contributed by atoms with Crippen molar-refractivity contribution in [1.82, 2.24) is 10.6 Å². The van der Waals surface area contributed by atoms with Crippen LogP contribution in [0.2, 0.25) is 0 Å². The number of nitrogens with one attached hydrogen (secondary N) is 2. The molecule has 0 saturated heterocycles. The van der Waals surface area contributed by atoms with Crippen molar-refractivity contribution in [2.75, 3.05) is 26.2 Å². The summed E-state index contributed by atoms with van der Waals surface area (Å²) in [5, 5.41) is 7.10. The fourth-order valence-corrected chi connectivity index (χ4v) is 2.59. The van der Waals surface area contributed by atoms with Crippen LogP contribution in [0.4, 0.5) is 0 Å². The highest BCUT2D eigenvalue weighted by Gasteiger charge is 1.95. The Labute approximate surface area is 141 Å². The summed E-state index contributed by atoms with van der Waals surface area (Å²) in [7, 11) is 0. The maximum Gasteiger partial charge on any atom is -0.00465 e.